The van der Waals surface area contributed by atoms with Gasteiger partial charge in [0.15, 0.2) is 0 Å². The first-order chi connectivity index (χ1) is 5.04. The Kier molecular flexibility index (Phi) is 1.90. The summed E-state index contributed by atoms with van der Waals surface area (Å²) in [4.78, 5) is 1.44. The first-order valence-electron chi connectivity index (χ1n) is 3.54. The molecular weight excluding hydrogens is 144 g/mol. The minimum Gasteiger partial charge on any atom is -0.382 e. The van der Waals surface area contributed by atoms with E-state index in [1.807, 2.05) is 6.92 Å². The third kappa shape index (κ3) is 1.74. The van der Waals surface area contributed by atoms with Gasteiger partial charge in [-0.25, -0.2) is 0 Å². The summed E-state index contributed by atoms with van der Waals surface area (Å²) in [6.45, 7) is 5.84. The lowest BCUT2D eigenvalue weighted by Crippen LogP contribution is -2.18. The second-order valence-electron chi connectivity index (χ2n) is 2.86. The van der Waals surface area contributed by atoms with Crippen LogP contribution in [0.5, 0.6) is 0 Å². The third-order valence-electron chi connectivity index (χ3n) is 1.28. The van der Waals surface area contributed by atoms with Gasteiger partial charge in [-0.15, -0.1) is 10.2 Å². The molecule has 0 aliphatic heterocycles. The van der Waals surface area contributed by atoms with Crippen molar-refractivity contribution < 1.29 is 5.11 Å². The number of rotatable bonds is 2. The minimum atomic E-state index is -0.993. The van der Waals surface area contributed by atoms with Gasteiger partial charge >= 0.3 is 0 Å². The normalized spacial score (nSPS) is 12.0. The molecule has 0 radical (unpaired) electrons. The Morgan fingerprint density at radius 2 is 2.18 bits per heavy atom. The quantitative estimate of drug-likeness (QED) is 0.650. The van der Waals surface area contributed by atoms with Crippen LogP contribution in [0.2, 0.25) is 0 Å². The van der Waals surface area contributed by atoms with Gasteiger partial charge in [-0.3, -0.25) is 0 Å². The number of aliphatic hydroxyl groups is 1. The Morgan fingerprint density at radius 1 is 1.55 bits per heavy atom. The number of aromatic nitrogens is 4. The summed E-state index contributed by atoms with van der Waals surface area (Å²) in [6.07, 6.45) is 0. The zero-order valence-electron chi connectivity index (χ0n) is 6.94. The van der Waals surface area contributed by atoms with Crippen molar-refractivity contribution in [3.63, 3.8) is 0 Å². The zero-order valence-corrected chi connectivity index (χ0v) is 6.94. The second-order valence-corrected chi connectivity index (χ2v) is 2.86. The van der Waals surface area contributed by atoms with Crippen molar-refractivity contribution >= 4 is 0 Å². The molecule has 5 heteroatoms. The molecule has 0 bridgehead atoms. The van der Waals surface area contributed by atoms with Crippen LogP contribution in [0.3, 0.4) is 0 Å². The van der Waals surface area contributed by atoms with E-state index in [4.69, 9.17) is 0 Å². The fourth-order valence-corrected chi connectivity index (χ4v) is 0.622. The van der Waals surface area contributed by atoms with Crippen LogP contribution in [0, 0.1) is 0 Å². The number of hydrogen-bond donors (Lipinski definition) is 1. The Morgan fingerprint density at radius 3 is 2.45 bits per heavy atom. The summed E-state index contributed by atoms with van der Waals surface area (Å²) < 4.78 is 0. The van der Waals surface area contributed by atoms with Crippen molar-refractivity contribution in [2.24, 2.45) is 0 Å². The van der Waals surface area contributed by atoms with Gasteiger partial charge in [-0.1, -0.05) is 0 Å². The highest BCUT2D eigenvalue weighted by molar-refractivity contribution is 4.90. The van der Waals surface area contributed by atoms with Gasteiger partial charge in [-0.05, 0) is 26.0 Å². The molecule has 0 unspecified atom stereocenters. The maximum atomic E-state index is 9.42. The van der Waals surface area contributed by atoms with Crippen molar-refractivity contribution in [3.8, 4) is 0 Å². The van der Waals surface area contributed by atoms with Gasteiger partial charge in [0.2, 0.25) is 5.82 Å². The van der Waals surface area contributed by atoms with Crippen LogP contribution in [-0.2, 0) is 12.1 Å². The summed E-state index contributed by atoms with van der Waals surface area (Å²) >= 11 is 0. The Bertz CT molecular complexity index is 237. The first-order valence-corrected chi connectivity index (χ1v) is 3.54. The predicted molar refractivity (Wildman–Crippen MR) is 38.7 cm³/mol. The number of hydrogen-bond acceptors (Lipinski definition) is 4. The molecular formula is C6H12N4O. The van der Waals surface area contributed by atoms with Gasteiger partial charge in [0.1, 0.15) is 5.60 Å². The van der Waals surface area contributed by atoms with E-state index in [1.54, 1.807) is 13.8 Å². The molecule has 0 aromatic carbocycles. The third-order valence-corrected chi connectivity index (χ3v) is 1.28. The number of aryl methyl sites for hydroxylation is 1. The standard InChI is InChI=1S/C6H12N4O/c1-4-10-8-5(7-9-10)6(2,3)11/h11H,4H2,1-3H3. The Labute approximate surface area is 65.0 Å². The lowest BCUT2D eigenvalue weighted by Gasteiger charge is -2.09. The summed E-state index contributed by atoms with van der Waals surface area (Å²) in [5.41, 5.74) is -0.993. The SMILES string of the molecule is CCn1nnc(C(C)(C)O)n1. The van der Waals surface area contributed by atoms with E-state index in [0.717, 1.165) is 0 Å². The molecule has 0 aliphatic rings. The lowest BCUT2D eigenvalue weighted by molar-refractivity contribution is 0.0683. The van der Waals surface area contributed by atoms with Crippen LogP contribution in [-0.4, -0.2) is 25.3 Å². The summed E-state index contributed by atoms with van der Waals surface area (Å²) in [6, 6.07) is 0. The summed E-state index contributed by atoms with van der Waals surface area (Å²) in [5.74, 6) is 0.361. The molecule has 0 aliphatic carbocycles. The molecule has 0 amide bonds. The van der Waals surface area contributed by atoms with E-state index >= 15 is 0 Å². The van der Waals surface area contributed by atoms with Crippen molar-refractivity contribution in [1.29, 1.82) is 0 Å². The molecule has 0 saturated carbocycles. The molecule has 1 heterocycles. The van der Waals surface area contributed by atoms with E-state index in [1.165, 1.54) is 4.80 Å². The molecule has 62 valence electrons. The molecule has 0 saturated heterocycles. The highest BCUT2D eigenvalue weighted by Gasteiger charge is 2.21. The van der Waals surface area contributed by atoms with Crippen molar-refractivity contribution in [1.82, 2.24) is 20.2 Å². The molecule has 0 spiro atoms. The lowest BCUT2D eigenvalue weighted by atomic mass is 10.1. The van der Waals surface area contributed by atoms with E-state index in [2.05, 4.69) is 15.4 Å². The smallest absolute Gasteiger partial charge is 0.205 e. The van der Waals surface area contributed by atoms with E-state index < -0.39 is 5.60 Å². The largest absolute Gasteiger partial charge is 0.382 e. The zero-order chi connectivity index (χ0) is 8.48. The van der Waals surface area contributed by atoms with Gasteiger partial charge in [0.25, 0.3) is 0 Å². The topological polar surface area (TPSA) is 63.8 Å². The first kappa shape index (κ1) is 8.13. The van der Waals surface area contributed by atoms with Crippen LogP contribution < -0.4 is 0 Å². The van der Waals surface area contributed by atoms with Gasteiger partial charge < -0.3 is 5.11 Å². The van der Waals surface area contributed by atoms with Crippen LogP contribution in [0.4, 0.5) is 0 Å². The maximum absolute atomic E-state index is 9.42. The van der Waals surface area contributed by atoms with Crippen LogP contribution in [0.1, 0.15) is 26.6 Å². The molecule has 1 aromatic rings. The molecule has 1 N–H and O–H groups in total. The average molecular weight is 156 g/mol. The van der Waals surface area contributed by atoms with Gasteiger partial charge in [0, 0.05) is 0 Å². The van der Waals surface area contributed by atoms with Crippen LogP contribution in [0.25, 0.3) is 0 Å². The maximum Gasteiger partial charge on any atom is 0.205 e. The predicted octanol–water partition coefficient (Wildman–Crippen LogP) is -0.0796. The van der Waals surface area contributed by atoms with E-state index in [0.29, 0.717) is 12.4 Å². The monoisotopic (exact) mass is 156 g/mol. The van der Waals surface area contributed by atoms with E-state index in [9.17, 15) is 5.11 Å². The molecule has 0 atom stereocenters. The second kappa shape index (κ2) is 2.58. The van der Waals surface area contributed by atoms with Gasteiger partial charge in [-0.2, -0.15) is 4.80 Å². The molecule has 1 rings (SSSR count). The Hall–Kier alpha value is -0.970. The highest BCUT2D eigenvalue weighted by Crippen LogP contribution is 2.12. The van der Waals surface area contributed by atoms with Crippen molar-refractivity contribution in [2.75, 3.05) is 0 Å². The van der Waals surface area contributed by atoms with E-state index in [-0.39, 0.29) is 0 Å². The number of tetrazole rings is 1. The molecule has 1 aromatic heterocycles. The molecule has 5 nitrogen and oxygen atoms in total. The molecule has 11 heavy (non-hydrogen) atoms. The van der Waals surface area contributed by atoms with Crippen LogP contribution in [0.15, 0.2) is 0 Å². The summed E-state index contributed by atoms with van der Waals surface area (Å²) in [7, 11) is 0. The van der Waals surface area contributed by atoms with Crippen molar-refractivity contribution in [3.05, 3.63) is 5.82 Å². The number of nitrogens with zero attached hydrogens (tertiary/aromatic N) is 4. The highest BCUT2D eigenvalue weighted by atomic mass is 16.3. The average Bonchev–Trinajstić information content (AvgIpc) is 2.32. The van der Waals surface area contributed by atoms with Gasteiger partial charge in [0.05, 0.1) is 6.54 Å². The summed E-state index contributed by atoms with van der Waals surface area (Å²) in [5, 5.41) is 20.8. The molecule has 0 fully saturated rings. The minimum absolute atomic E-state index is 0.361. The van der Waals surface area contributed by atoms with Crippen LogP contribution >= 0.6 is 0 Å². The van der Waals surface area contributed by atoms with Crippen molar-refractivity contribution in [2.45, 2.75) is 32.9 Å². The fourth-order valence-electron chi connectivity index (χ4n) is 0.622. The Balaban J connectivity index is 2.89. The fraction of sp³-hybridized carbons (Fsp3) is 0.833.